The van der Waals surface area contributed by atoms with Gasteiger partial charge in [-0.2, -0.15) is 0 Å². The van der Waals surface area contributed by atoms with Crippen LogP contribution in [0.3, 0.4) is 0 Å². The molecule has 0 unspecified atom stereocenters. The molecule has 30 heavy (non-hydrogen) atoms. The molecule has 1 aromatic heterocycles. The molecule has 3 aromatic rings. The molecule has 2 atom stereocenters. The second-order valence-corrected chi connectivity index (χ2v) is 7.97. The van der Waals surface area contributed by atoms with Crippen molar-refractivity contribution in [1.82, 2.24) is 10.3 Å². The van der Waals surface area contributed by atoms with Gasteiger partial charge in [-0.25, -0.2) is 0 Å². The molecule has 4 nitrogen and oxygen atoms in total. The summed E-state index contributed by atoms with van der Waals surface area (Å²) in [5.41, 5.74) is 5.52. The summed E-state index contributed by atoms with van der Waals surface area (Å²) in [6.07, 6.45) is 8.09. The predicted octanol–water partition coefficient (Wildman–Crippen LogP) is 5.03. The lowest BCUT2D eigenvalue weighted by Gasteiger charge is -2.40. The number of aromatic nitrogens is 1. The van der Waals surface area contributed by atoms with Crippen molar-refractivity contribution in [3.8, 4) is 16.9 Å². The number of pyridine rings is 1. The smallest absolute Gasteiger partial charge is 0.126 e. The van der Waals surface area contributed by atoms with Crippen LogP contribution in [0.25, 0.3) is 16.7 Å². The number of rotatable bonds is 4. The van der Waals surface area contributed by atoms with Crippen LogP contribution < -0.4 is 10.1 Å². The molecule has 0 aliphatic carbocycles. The summed E-state index contributed by atoms with van der Waals surface area (Å²) in [6.45, 7) is 1.59. The van der Waals surface area contributed by atoms with Gasteiger partial charge >= 0.3 is 0 Å². The van der Waals surface area contributed by atoms with Crippen molar-refractivity contribution in [3.05, 3.63) is 90.3 Å². The Morgan fingerprint density at radius 3 is 2.67 bits per heavy atom. The fourth-order valence-electron chi connectivity index (χ4n) is 4.71. The fraction of sp³-hybridized carbons (Fsp3) is 0.269. The number of nitrogens with zero attached hydrogens (tertiary/aromatic N) is 1. The minimum atomic E-state index is -0.327. The number of ether oxygens (including phenoxy) is 2. The Kier molecular flexibility index (Phi) is 5.11. The lowest BCUT2D eigenvalue weighted by atomic mass is 9.81. The van der Waals surface area contributed by atoms with Crippen LogP contribution in [0.2, 0.25) is 0 Å². The molecule has 152 valence electrons. The maximum atomic E-state index is 6.54. The van der Waals surface area contributed by atoms with Crippen molar-refractivity contribution in [3.63, 3.8) is 0 Å². The zero-order chi connectivity index (χ0) is 20.4. The van der Waals surface area contributed by atoms with Crippen molar-refractivity contribution in [1.29, 1.82) is 0 Å². The van der Waals surface area contributed by atoms with Gasteiger partial charge in [0.2, 0.25) is 0 Å². The number of nitrogens with one attached hydrogen (secondary N) is 1. The van der Waals surface area contributed by atoms with Gasteiger partial charge in [0, 0.05) is 18.0 Å². The molecule has 0 amide bonds. The topological polar surface area (TPSA) is 43.4 Å². The van der Waals surface area contributed by atoms with Gasteiger partial charge in [0.1, 0.15) is 11.4 Å². The van der Waals surface area contributed by atoms with Crippen LogP contribution in [0.5, 0.6) is 5.75 Å². The van der Waals surface area contributed by atoms with Crippen LogP contribution in [0.1, 0.15) is 30.0 Å². The van der Waals surface area contributed by atoms with E-state index in [2.05, 4.69) is 58.8 Å². The number of methoxy groups -OCH3 is 1. The maximum Gasteiger partial charge on any atom is 0.126 e. The van der Waals surface area contributed by atoms with E-state index < -0.39 is 0 Å². The van der Waals surface area contributed by atoms with Gasteiger partial charge < -0.3 is 14.8 Å². The lowest BCUT2D eigenvalue weighted by molar-refractivity contribution is -0.0255. The molecule has 3 heterocycles. The molecule has 0 bridgehead atoms. The summed E-state index contributed by atoms with van der Waals surface area (Å²) in [7, 11) is 1.73. The third-order valence-corrected chi connectivity index (χ3v) is 6.19. The van der Waals surface area contributed by atoms with Crippen LogP contribution in [0.15, 0.2) is 79.1 Å². The Morgan fingerprint density at radius 2 is 1.87 bits per heavy atom. The largest absolute Gasteiger partial charge is 0.496 e. The van der Waals surface area contributed by atoms with Crippen molar-refractivity contribution < 1.29 is 9.47 Å². The normalized spacial score (nSPS) is 23.4. The first kappa shape index (κ1) is 19.0. The number of piperidine rings is 1. The molecule has 2 aliphatic heterocycles. The van der Waals surface area contributed by atoms with E-state index >= 15 is 0 Å². The van der Waals surface area contributed by atoms with E-state index in [9.17, 15) is 0 Å². The third kappa shape index (κ3) is 3.42. The fourth-order valence-corrected chi connectivity index (χ4v) is 4.71. The molecular formula is C26H26N2O2. The Hall–Kier alpha value is -2.95. The van der Waals surface area contributed by atoms with E-state index in [1.54, 1.807) is 7.11 Å². The van der Waals surface area contributed by atoms with E-state index in [0.717, 1.165) is 41.8 Å². The number of benzene rings is 2. The highest BCUT2D eigenvalue weighted by Gasteiger charge is 2.44. The molecule has 0 saturated carbocycles. The van der Waals surface area contributed by atoms with Gasteiger partial charge in [0.15, 0.2) is 0 Å². The summed E-state index contributed by atoms with van der Waals surface area (Å²) in [4.78, 5) is 4.14. The molecule has 5 rings (SSSR count). The Balaban J connectivity index is 1.55. The van der Waals surface area contributed by atoms with Gasteiger partial charge in [0.05, 0.1) is 19.8 Å². The zero-order valence-electron chi connectivity index (χ0n) is 17.2. The van der Waals surface area contributed by atoms with Gasteiger partial charge in [0.25, 0.3) is 0 Å². The van der Waals surface area contributed by atoms with E-state index in [1.165, 1.54) is 11.1 Å². The van der Waals surface area contributed by atoms with Crippen LogP contribution in [-0.2, 0) is 4.74 Å². The van der Waals surface area contributed by atoms with Gasteiger partial charge in [-0.05, 0) is 72.0 Å². The molecule has 2 aliphatic rings. The molecule has 1 saturated heterocycles. The van der Waals surface area contributed by atoms with E-state index in [-0.39, 0.29) is 11.6 Å². The second kappa shape index (κ2) is 8.05. The molecule has 1 spiro atoms. The quantitative estimate of drug-likeness (QED) is 0.669. The monoisotopic (exact) mass is 398 g/mol. The van der Waals surface area contributed by atoms with Crippen LogP contribution >= 0.6 is 0 Å². The minimum absolute atomic E-state index is 0.152. The van der Waals surface area contributed by atoms with Gasteiger partial charge in [-0.15, -0.1) is 0 Å². The first-order chi connectivity index (χ1) is 14.8. The van der Waals surface area contributed by atoms with Gasteiger partial charge in [-0.3, -0.25) is 4.98 Å². The van der Waals surface area contributed by atoms with E-state index in [4.69, 9.17) is 9.47 Å². The van der Waals surface area contributed by atoms with Gasteiger partial charge in [-0.1, -0.05) is 36.4 Å². The van der Waals surface area contributed by atoms with E-state index in [1.807, 2.05) is 30.6 Å². The highest BCUT2D eigenvalue weighted by atomic mass is 16.5. The average molecular weight is 399 g/mol. The molecule has 2 aromatic carbocycles. The summed E-state index contributed by atoms with van der Waals surface area (Å²) in [5, 5.41) is 3.70. The zero-order valence-corrected chi connectivity index (χ0v) is 17.2. The average Bonchev–Trinajstić information content (AvgIpc) is 3.24. The summed E-state index contributed by atoms with van der Waals surface area (Å²) < 4.78 is 12.3. The standard InChI is InChI=1S/C26H26N2O2/c1-29-24-9-8-21(19-10-14-27-15-11-19)16-23(24)22-17-26(30-18-22)12-5-13-28-25(26)20-6-3-2-4-7-20/h2-4,6-11,14-17,25,28H,5,12-13,18H2,1H3/t25-,26+/m0/s1. The van der Waals surface area contributed by atoms with Crippen molar-refractivity contribution in [2.24, 2.45) is 0 Å². The Bertz CT molecular complexity index is 1050. The highest BCUT2D eigenvalue weighted by Crippen LogP contribution is 2.45. The first-order valence-electron chi connectivity index (χ1n) is 10.5. The highest BCUT2D eigenvalue weighted by molar-refractivity contribution is 5.78. The Labute approximate surface area is 177 Å². The summed E-state index contributed by atoms with van der Waals surface area (Å²) >= 11 is 0. The summed E-state index contributed by atoms with van der Waals surface area (Å²) in [5.74, 6) is 0.875. The Morgan fingerprint density at radius 1 is 1.03 bits per heavy atom. The molecule has 0 radical (unpaired) electrons. The van der Waals surface area contributed by atoms with Crippen molar-refractivity contribution in [2.45, 2.75) is 24.5 Å². The first-order valence-corrected chi connectivity index (χ1v) is 10.5. The minimum Gasteiger partial charge on any atom is -0.496 e. The van der Waals surface area contributed by atoms with Crippen LogP contribution in [-0.4, -0.2) is 30.8 Å². The molecule has 1 fully saturated rings. The second-order valence-electron chi connectivity index (χ2n) is 7.97. The predicted molar refractivity (Wildman–Crippen MR) is 119 cm³/mol. The summed E-state index contributed by atoms with van der Waals surface area (Å²) in [6, 6.07) is 21.2. The number of hydrogen-bond acceptors (Lipinski definition) is 4. The van der Waals surface area contributed by atoms with E-state index in [0.29, 0.717) is 6.61 Å². The number of hydrogen-bond donors (Lipinski definition) is 1. The third-order valence-electron chi connectivity index (χ3n) is 6.19. The molecule has 1 N–H and O–H groups in total. The molecule has 4 heteroatoms. The SMILES string of the molecule is COc1ccc(-c2ccncc2)cc1C1=C[C@@]2(CCCN[C@H]2c2ccccc2)OC1. The van der Waals surface area contributed by atoms with Crippen molar-refractivity contribution in [2.75, 3.05) is 20.3 Å². The lowest BCUT2D eigenvalue weighted by Crippen LogP contribution is -2.47. The molecular weight excluding hydrogens is 372 g/mol. The van der Waals surface area contributed by atoms with Crippen LogP contribution in [0.4, 0.5) is 0 Å². The maximum absolute atomic E-state index is 6.54. The van der Waals surface area contributed by atoms with Crippen molar-refractivity contribution >= 4 is 5.57 Å². The van der Waals surface area contributed by atoms with Crippen LogP contribution in [0, 0.1) is 0 Å².